The van der Waals surface area contributed by atoms with E-state index in [0.717, 1.165) is 30.2 Å². The molecule has 2 rings (SSSR count). The van der Waals surface area contributed by atoms with Gasteiger partial charge in [-0.15, -0.1) is 10.2 Å². The lowest BCUT2D eigenvalue weighted by molar-refractivity contribution is 0.429. The van der Waals surface area contributed by atoms with Crippen molar-refractivity contribution in [3.05, 3.63) is 17.1 Å². The summed E-state index contributed by atoms with van der Waals surface area (Å²) in [6, 6.07) is 0. The predicted molar refractivity (Wildman–Crippen MR) is 75.3 cm³/mol. The van der Waals surface area contributed by atoms with Crippen LogP contribution < -0.4 is 5.32 Å². The summed E-state index contributed by atoms with van der Waals surface area (Å²) in [7, 11) is 1.95. The van der Waals surface area contributed by atoms with E-state index in [2.05, 4.69) is 27.5 Å². The normalized spacial score (nSPS) is 10.9. The summed E-state index contributed by atoms with van der Waals surface area (Å²) in [5.41, 5.74) is 2.22. The summed E-state index contributed by atoms with van der Waals surface area (Å²) in [5.74, 6) is 2.44. The zero-order valence-corrected chi connectivity index (χ0v) is 12.5. The van der Waals surface area contributed by atoms with Crippen molar-refractivity contribution in [2.24, 2.45) is 7.05 Å². The van der Waals surface area contributed by atoms with Crippen LogP contribution in [0, 0.1) is 13.8 Å². The first-order valence-corrected chi connectivity index (χ1v) is 7.29. The van der Waals surface area contributed by atoms with Gasteiger partial charge in [0.05, 0.1) is 5.69 Å². The van der Waals surface area contributed by atoms with Crippen molar-refractivity contribution in [3.8, 4) is 0 Å². The Morgan fingerprint density at radius 1 is 1.32 bits per heavy atom. The van der Waals surface area contributed by atoms with E-state index in [1.54, 1.807) is 6.92 Å². The Hall–Kier alpha value is -1.50. The molecule has 0 fully saturated rings. The van der Waals surface area contributed by atoms with Crippen molar-refractivity contribution in [2.75, 3.05) is 11.9 Å². The maximum absolute atomic E-state index is 5.37. The van der Waals surface area contributed by atoms with Crippen molar-refractivity contribution in [3.63, 3.8) is 0 Å². The zero-order chi connectivity index (χ0) is 13.8. The van der Waals surface area contributed by atoms with E-state index < -0.39 is 0 Å². The number of hydrogen-bond acceptors (Lipinski definition) is 6. The minimum absolute atomic E-state index is 0.592. The molecule has 7 heteroatoms. The van der Waals surface area contributed by atoms with Crippen LogP contribution >= 0.6 is 11.8 Å². The number of nitrogens with zero attached hydrogens (tertiary/aromatic N) is 4. The highest BCUT2D eigenvalue weighted by molar-refractivity contribution is 7.98. The second-order valence-electron chi connectivity index (χ2n) is 4.34. The van der Waals surface area contributed by atoms with Crippen molar-refractivity contribution in [1.29, 1.82) is 0 Å². The molecule has 0 radical (unpaired) electrons. The molecule has 104 valence electrons. The van der Waals surface area contributed by atoms with Crippen molar-refractivity contribution in [1.82, 2.24) is 20.0 Å². The van der Waals surface area contributed by atoms with E-state index in [1.165, 1.54) is 17.3 Å². The number of aromatic nitrogens is 4. The fourth-order valence-electron chi connectivity index (χ4n) is 1.81. The first kappa shape index (κ1) is 13.9. The highest BCUT2D eigenvalue weighted by Crippen LogP contribution is 2.27. The van der Waals surface area contributed by atoms with Crippen LogP contribution in [0.1, 0.15) is 30.5 Å². The molecule has 0 unspecified atom stereocenters. The maximum atomic E-state index is 5.37. The molecule has 2 aromatic rings. The Morgan fingerprint density at radius 2 is 2.11 bits per heavy atom. The smallest absolute Gasteiger partial charge is 0.276 e. The van der Waals surface area contributed by atoms with Crippen LogP contribution in [0.3, 0.4) is 0 Å². The van der Waals surface area contributed by atoms with Crippen LogP contribution in [0.4, 0.5) is 5.82 Å². The van der Waals surface area contributed by atoms with E-state index in [4.69, 9.17) is 4.42 Å². The molecule has 0 spiro atoms. The first-order chi connectivity index (χ1) is 9.11. The van der Waals surface area contributed by atoms with Gasteiger partial charge in [-0.25, -0.2) is 0 Å². The van der Waals surface area contributed by atoms with Gasteiger partial charge in [-0.1, -0.05) is 18.7 Å². The molecule has 2 heterocycles. The quantitative estimate of drug-likeness (QED) is 0.821. The SMILES string of the molecule is CCCNc1c(CSc2nnc(C)o2)c(C)nn1C. The molecule has 0 amide bonds. The molecule has 0 saturated heterocycles. The number of rotatable bonds is 6. The fourth-order valence-corrected chi connectivity index (χ4v) is 2.70. The third-order valence-electron chi connectivity index (χ3n) is 2.74. The molecule has 0 aromatic carbocycles. The Morgan fingerprint density at radius 3 is 2.74 bits per heavy atom. The number of hydrogen-bond donors (Lipinski definition) is 1. The second kappa shape index (κ2) is 6.10. The lowest BCUT2D eigenvalue weighted by Crippen LogP contribution is -2.06. The molecule has 0 atom stereocenters. The molecule has 19 heavy (non-hydrogen) atoms. The summed E-state index contributed by atoms with van der Waals surface area (Å²) >= 11 is 1.54. The summed E-state index contributed by atoms with van der Waals surface area (Å²) in [5, 5.41) is 16.3. The maximum Gasteiger partial charge on any atom is 0.276 e. The van der Waals surface area contributed by atoms with Crippen LogP contribution in [-0.2, 0) is 12.8 Å². The Kier molecular flexibility index (Phi) is 4.47. The molecule has 1 N–H and O–H groups in total. The number of nitrogens with one attached hydrogen (secondary N) is 1. The van der Waals surface area contributed by atoms with Crippen LogP contribution in [-0.4, -0.2) is 26.5 Å². The van der Waals surface area contributed by atoms with Crippen molar-refractivity contribution in [2.45, 2.75) is 38.2 Å². The Bertz CT molecular complexity index is 548. The lowest BCUT2D eigenvalue weighted by Gasteiger charge is -2.07. The summed E-state index contributed by atoms with van der Waals surface area (Å²) in [6.07, 6.45) is 1.08. The van der Waals surface area contributed by atoms with E-state index in [9.17, 15) is 0 Å². The molecule has 0 saturated carbocycles. The van der Waals surface area contributed by atoms with E-state index in [1.807, 2.05) is 18.7 Å². The van der Waals surface area contributed by atoms with Crippen LogP contribution in [0.25, 0.3) is 0 Å². The van der Waals surface area contributed by atoms with E-state index in [-0.39, 0.29) is 0 Å². The van der Waals surface area contributed by atoms with Crippen molar-refractivity contribution < 1.29 is 4.42 Å². The number of anilines is 1. The molecule has 0 aliphatic carbocycles. The summed E-state index contributed by atoms with van der Waals surface area (Å²) in [6.45, 7) is 6.90. The van der Waals surface area contributed by atoms with Gasteiger partial charge in [-0.3, -0.25) is 4.68 Å². The van der Waals surface area contributed by atoms with E-state index >= 15 is 0 Å². The van der Waals surface area contributed by atoms with Gasteiger partial charge >= 0.3 is 0 Å². The fraction of sp³-hybridized carbons (Fsp3) is 0.583. The van der Waals surface area contributed by atoms with Gasteiger partial charge in [0.15, 0.2) is 0 Å². The zero-order valence-electron chi connectivity index (χ0n) is 11.7. The molecule has 2 aromatic heterocycles. The second-order valence-corrected chi connectivity index (χ2v) is 5.27. The van der Waals surface area contributed by atoms with Crippen LogP contribution in [0.5, 0.6) is 0 Å². The Balaban J connectivity index is 2.10. The van der Waals surface area contributed by atoms with Crippen molar-refractivity contribution >= 4 is 17.6 Å². The molecule has 0 bridgehead atoms. The van der Waals surface area contributed by atoms with Gasteiger partial charge in [-0.05, 0) is 13.3 Å². The van der Waals surface area contributed by atoms with Crippen LogP contribution in [0.2, 0.25) is 0 Å². The van der Waals surface area contributed by atoms with Gasteiger partial charge in [-0.2, -0.15) is 5.10 Å². The highest BCUT2D eigenvalue weighted by atomic mass is 32.2. The largest absolute Gasteiger partial charge is 0.416 e. The van der Waals surface area contributed by atoms with Gasteiger partial charge in [0, 0.05) is 31.8 Å². The molecular weight excluding hydrogens is 262 g/mol. The highest BCUT2D eigenvalue weighted by Gasteiger charge is 2.14. The molecule has 0 aliphatic heterocycles. The minimum atomic E-state index is 0.592. The molecule has 6 nitrogen and oxygen atoms in total. The third-order valence-corrected chi connectivity index (χ3v) is 3.58. The standard InChI is InChI=1S/C12H19N5OS/c1-5-6-13-11-10(8(2)16-17(11)4)7-19-12-15-14-9(3)18-12/h13H,5-7H2,1-4H3. The molecule has 0 aliphatic rings. The van der Waals surface area contributed by atoms with Gasteiger partial charge in [0.2, 0.25) is 5.89 Å². The topological polar surface area (TPSA) is 68.8 Å². The average Bonchev–Trinajstić information content (AvgIpc) is 2.89. The number of aryl methyl sites for hydroxylation is 3. The van der Waals surface area contributed by atoms with Gasteiger partial charge in [0.25, 0.3) is 5.22 Å². The predicted octanol–water partition coefficient (Wildman–Crippen LogP) is 2.53. The first-order valence-electron chi connectivity index (χ1n) is 6.31. The Labute approximate surface area is 117 Å². The number of thioether (sulfide) groups is 1. The van der Waals surface area contributed by atoms with Gasteiger partial charge in [0.1, 0.15) is 5.82 Å². The minimum Gasteiger partial charge on any atom is -0.416 e. The van der Waals surface area contributed by atoms with Gasteiger partial charge < -0.3 is 9.73 Å². The lowest BCUT2D eigenvalue weighted by atomic mass is 10.2. The van der Waals surface area contributed by atoms with Crippen LogP contribution in [0.15, 0.2) is 9.64 Å². The third kappa shape index (κ3) is 3.28. The molecular formula is C12H19N5OS. The summed E-state index contributed by atoms with van der Waals surface area (Å²) < 4.78 is 7.25. The average molecular weight is 281 g/mol. The summed E-state index contributed by atoms with van der Waals surface area (Å²) in [4.78, 5) is 0. The van der Waals surface area contributed by atoms with E-state index in [0.29, 0.717) is 11.1 Å². The monoisotopic (exact) mass is 281 g/mol.